The summed E-state index contributed by atoms with van der Waals surface area (Å²) in [6, 6.07) is 21.9. The number of rotatable bonds is 7. The Hall–Kier alpha value is -3.22. The topological polar surface area (TPSA) is 70.7 Å². The number of para-hydroxylation sites is 1. The highest BCUT2D eigenvalue weighted by Crippen LogP contribution is 2.29. The van der Waals surface area contributed by atoms with E-state index in [2.05, 4.69) is 10.9 Å². The second kappa shape index (κ2) is 9.94. The lowest BCUT2D eigenvalue weighted by molar-refractivity contribution is -0.125. The smallest absolute Gasteiger partial charge is 0.243 e. The highest BCUT2D eigenvalue weighted by Gasteiger charge is 2.35. The fourth-order valence-electron chi connectivity index (χ4n) is 3.44. The van der Waals surface area contributed by atoms with Crippen molar-refractivity contribution in [2.45, 2.75) is 13.0 Å². The van der Waals surface area contributed by atoms with Crippen LogP contribution >= 0.6 is 23.2 Å². The Kier molecular flexibility index (Phi) is 6.83. The van der Waals surface area contributed by atoms with Crippen molar-refractivity contribution < 1.29 is 14.3 Å². The maximum absolute atomic E-state index is 12.6. The van der Waals surface area contributed by atoms with Crippen LogP contribution in [0.4, 0.5) is 11.4 Å². The lowest BCUT2D eigenvalue weighted by Crippen LogP contribution is -2.36. The third-order valence-electron chi connectivity index (χ3n) is 5.17. The molecule has 0 radical (unpaired) electrons. The molecule has 8 heteroatoms. The molecule has 1 aliphatic heterocycles. The number of anilines is 2. The minimum atomic E-state index is -0.441. The number of carbonyl (C=O) groups is 2. The normalized spacial score (nSPS) is 15.5. The summed E-state index contributed by atoms with van der Waals surface area (Å²) in [4.78, 5) is 26.5. The van der Waals surface area contributed by atoms with Crippen LogP contribution in [0.25, 0.3) is 0 Å². The van der Waals surface area contributed by atoms with Gasteiger partial charge in [0.1, 0.15) is 12.4 Å². The van der Waals surface area contributed by atoms with Gasteiger partial charge in [0.15, 0.2) is 0 Å². The molecule has 1 heterocycles. The number of ether oxygens (including phenoxy) is 1. The summed E-state index contributed by atoms with van der Waals surface area (Å²) in [7, 11) is 0. The predicted molar refractivity (Wildman–Crippen MR) is 126 cm³/mol. The van der Waals surface area contributed by atoms with Crippen LogP contribution in [0.5, 0.6) is 5.75 Å². The number of hydrogen-bond donors (Lipinski definition) is 2. The number of hydrogen-bond acceptors (Lipinski definition) is 4. The molecule has 0 saturated carbocycles. The summed E-state index contributed by atoms with van der Waals surface area (Å²) in [6.07, 6.45) is 0.165. The highest BCUT2D eigenvalue weighted by molar-refractivity contribution is 6.32. The van der Waals surface area contributed by atoms with Gasteiger partial charge >= 0.3 is 0 Å². The Morgan fingerprint density at radius 1 is 1.00 bits per heavy atom. The fraction of sp³-hybridized carbons (Fsp3) is 0.167. The molecule has 0 unspecified atom stereocenters. The van der Waals surface area contributed by atoms with E-state index in [1.54, 1.807) is 29.2 Å². The average molecular weight is 470 g/mol. The van der Waals surface area contributed by atoms with Crippen molar-refractivity contribution in [2.24, 2.45) is 5.92 Å². The van der Waals surface area contributed by atoms with E-state index in [0.717, 1.165) is 11.3 Å². The number of nitrogens with one attached hydrogen (secondary N) is 2. The SMILES string of the molecule is O=C(NNc1ccc(OCc2ccccc2Cl)c(Cl)c1)[C@@H]1CC(=O)N(c2ccccc2)C1. The molecular weight excluding hydrogens is 449 g/mol. The molecular formula is C24H21Cl2N3O3. The molecule has 0 aliphatic carbocycles. The molecule has 0 aromatic heterocycles. The Labute approximate surface area is 196 Å². The first-order valence-corrected chi connectivity index (χ1v) is 10.8. The van der Waals surface area contributed by atoms with Gasteiger partial charge in [0, 0.05) is 29.2 Å². The van der Waals surface area contributed by atoms with Gasteiger partial charge in [0.2, 0.25) is 11.8 Å². The van der Waals surface area contributed by atoms with E-state index in [1.165, 1.54) is 0 Å². The number of nitrogens with zero attached hydrogens (tertiary/aromatic N) is 1. The predicted octanol–water partition coefficient (Wildman–Crippen LogP) is 5.07. The van der Waals surface area contributed by atoms with Crippen LogP contribution in [0.1, 0.15) is 12.0 Å². The third-order valence-corrected chi connectivity index (χ3v) is 5.83. The molecule has 0 spiro atoms. The van der Waals surface area contributed by atoms with Gasteiger partial charge in [-0.3, -0.25) is 20.4 Å². The van der Waals surface area contributed by atoms with Crippen molar-refractivity contribution in [2.75, 3.05) is 16.9 Å². The van der Waals surface area contributed by atoms with Gasteiger partial charge in [-0.2, -0.15) is 0 Å². The average Bonchev–Trinajstić information content (AvgIpc) is 3.20. The lowest BCUT2D eigenvalue weighted by atomic mass is 10.1. The summed E-state index contributed by atoms with van der Waals surface area (Å²) >= 11 is 12.5. The van der Waals surface area contributed by atoms with Crippen molar-refractivity contribution in [3.05, 3.63) is 88.4 Å². The zero-order chi connectivity index (χ0) is 22.5. The zero-order valence-electron chi connectivity index (χ0n) is 17.1. The fourth-order valence-corrected chi connectivity index (χ4v) is 3.87. The monoisotopic (exact) mass is 469 g/mol. The standard InChI is InChI=1S/C24H21Cl2N3O3/c25-20-9-5-4-6-16(20)15-32-22-11-10-18(13-21(22)26)27-28-24(31)17-12-23(30)29(14-17)19-7-2-1-3-8-19/h1-11,13,17,27H,12,14-15H2,(H,28,31)/t17-/m1/s1. The molecule has 1 fully saturated rings. The van der Waals surface area contributed by atoms with Crippen LogP contribution in [0, 0.1) is 5.92 Å². The van der Waals surface area contributed by atoms with Gasteiger partial charge in [-0.25, -0.2) is 0 Å². The number of benzene rings is 3. The molecule has 0 bridgehead atoms. The minimum Gasteiger partial charge on any atom is -0.487 e. The summed E-state index contributed by atoms with van der Waals surface area (Å²) in [5.41, 5.74) is 7.76. The quantitative estimate of drug-likeness (QED) is 0.474. The van der Waals surface area contributed by atoms with Crippen LogP contribution in [-0.4, -0.2) is 18.4 Å². The number of halogens is 2. The van der Waals surface area contributed by atoms with Crippen LogP contribution in [-0.2, 0) is 16.2 Å². The highest BCUT2D eigenvalue weighted by atomic mass is 35.5. The van der Waals surface area contributed by atoms with Gasteiger partial charge in [0.25, 0.3) is 0 Å². The molecule has 32 heavy (non-hydrogen) atoms. The Morgan fingerprint density at radius 3 is 2.50 bits per heavy atom. The molecule has 4 rings (SSSR count). The van der Waals surface area contributed by atoms with Crippen LogP contribution in [0.15, 0.2) is 72.8 Å². The maximum Gasteiger partial charge on any atom is 0.243 e. The van der Waals surface area contributed by atoms with E-state index in [-0.39, 0.29) is 24.8 Å². The number of hydrazine groups is 1. The van der Waals surface area contributed by atoms with Crippen molar-refractivity contribution >= 4 is 46.4 Å². The molecule has 1 atom stereocenters. The van der Waals surface area contributed by atoms with E-state index in [9.17, 15) is 9.59 Å². The molecule has 3 aromatic carbocycles. The van der Waals surface area contributed by atoms with Gasteiger partial charge < -0.3 is 9.64 Å². The second-order valence-corrected chi connectivity index (χ2v) is 8.19. The molecule has 164 valence electrons. The van der Waals surface area contributed by atoms with Crippen LogP contribution in [0.2, 0.25) is 10.0 Å². The molecule has 2 amide bonds. The maximum atomic E-state index is 12.6. The van der Waals surface area contributed by atoms with Crippen LogP contribution in [0.3, 0.4) is 0 Å². The largest absolute Gasteiger partial charge is 0.487 e. The zero-order valence-corrected chi connectivity index (χ0v) is 18.6. The molecule has 1 aliphatic rings. The Bertz CT molecular complexity index is 1120. The number of amides is 2. The summed E-state index contributed by atoms with van der Waals surface area (Å²) in [5.74, 6) is -0.265. The lowest BCUT2D eigenvalue weighted by Gasteiger charge is -2.17. The van der Waals surface area contributed by atoms with Gasteiger partial charge in [-0.05, 0) is 36.4 Å². The number of carbonyl (C=O) groups excluding carboxylic acids is 2. The van der Waals surface area contributed by atoms with Crippen molar-refractivity contribution in [3.63, 3.8) is 0 Å². The van der Waals surface area contributed by atoms with E-state index >= 15 is 0 Å². The first-order chi connectivity index (χ1) is 15.5. The van der Waals surface area contributed by atoms with E-state index in [1.807, 2.05) is 48.5 Å². The summed E-state index contributed by atoms with van der Waals surface area (Å²) < 4.78 is 5.76. The van der Waals surface area contributed by atoms with E-state index < -0.39 is 5.92 Å². The molecule has 1 saturated heterocycles. The third kappa shape index (κ3) is 5.15. The van der Waals surface area contributed by atoms with Crippen molar-refractivity contribution in [1.82, 2.24) is 5.43 Å². The summed E-state index contributed by atoms with van der Waals surface area (Å²) in [5, 5.41) is 1.02. The molecule has 3 aromatic rings. The summed E-state index contributed by atoms with van der Waals surface area (Å²) in [6.45, 7) is 0.627. The second-order valence-electron chi connectivity index (χ2n) is 7.38. The first-order valence-electron chi connectivity index (χ1n) is 10.1. The van der Waals surface area contributed by atoms with E-state index in [4.69, 9.17) is 27.9 Å². The van der Waals surface area contributed by atoms with E-state index in [0.29, 0.717) is 28.0 Å². The Morgan fingerprint density at radius 2 is 1.75 bits per heavy atom. The van der Waals surface area contributed by atoms with Gasteiger partial charge in [-0.1, -0.05) is 59.6 Å². The van der Waals surface area contributed by atoms with Crippen molar-refractivity contribution in [3.8, 4) is 5.75 Å². The van der Waals surface area contributed by atoms with Gasteiger partial charge in [0.05, 0.1) is 16.6 Å². The molecule has 2 N–H and O–H groups in total. The first kappa shape index (κ1) is 22.0. The Balaban J connectivity index is 1.31. The van der Waals surface area contributed by atoms with Crippen LogP contribution < -0.4 is 20.5 Å². The van der Waals surface area contributed by atoms with Crippen molar-refractivity contribution in [1.29, 1.82) is 0 Å². The minimum absolute atomic E-state index is 0.0700. The van der Waals surface area contributed by atoms with Gasteiger partial charge in [-0.15, -0.1) is 0 Å². The molecule has 6 nitrogen and oxygen atoms in total.